The van der Waals surface area contributed by atoms with Crippen molar-refractivity contribution in [2.24, 2.45) is 5.41 Å². The third kappa shape index (κ3) is 5.41. The minimum absolute atomic E-state index is 0.0217. The number of hydrogen-bond donors (Lipinski definition) is 3. The molecule has 2 fully saturated rings. The molecule has 0 saturated heterocycles. The van der Waals surface area contributed by atoms with Crippen molar-refractivity contribution >= 4 is 21.8 Å². The van der Waals surface area contributed by atoms with Gasteiger partial charge in [0.2, 0.25) is 11.8 Å². The zero-order valence-corrected chi connectivity index (χ0v) is 20.3. The first-order chi connectivity index (χ1) is 15.6. The number of carbonyl (C=O) groups excluding carboxylic acids is 2. The van der Waals surface area contributed by atoms with E-state index >= 15 is 0 Å². The van der Waals surface area contributed by atoms with Crippen molar-refractivity contribution < 1.29 is 18.0 Å². The highest BCUT2D eigenvalue weighted by molar-refractivity contribution is 7.89. The number of benzene rings is 1. The van der Waals surface area contributed by atoms with Gasteiger partial charge in [-0.25, -0.2) is 8.42 Å². The molecule has 33 heavy (non-hydrogen) atoms. The van der Waals surface area contributed by atoms with Crippen LogP contribution in [0.4, 0.5) is 0 Å². The van der Waals surface area contributed by atoms with E-state index in [4.69, 9.17) is 0 Å². The number of nitrogens with one attached hydrogen (secondary N) is 3. The molecule has 3 aliphatic rings. The molecule has 2 amide bonds. The molecule has 3 N–H and O–H groups in total. The summed E-state index contributed by atoms with van der Waals surface area (Å²) in [5.74, 6) is -0.832. The van der Waals surface area contributed by atoms with E-state index < -0.39 is 22.0 Å². The van der Waals surface area contributed by atoms with Crippen molar-refractivity contribution in [3.8, 4) is 0 Å². The van der Waals surface area contributed by atoms with Gasteiger partial charge in [0.15, 0.2) is 0 Å². The van der Waals surface area contributed by atoms with Gasteiger partial charge in [-0.05, 0) is 56.6 Å². The highest BCUT2D eigenvalue weighted by Crippen LogP contribution is 2.37. The van der Waals surface area contributed by atoms with Gasteiger partial charge >= 0.3 is 0 Å². The number of rotatable bonds is 7. The van der Waals surface area contributed by atoms with Crippen molar-refractivity contribution in [1.29, 1.82) is 0 Å². The predicted octanol–water partition coefficient (Wildman–Crippen LogP) is 2.16. The van der Waals surface area contributed by atoms with Gasteiger partial charge in [-0.3, -0.25) is 13.9 Å². The van der Waals surface area contributed by atoms with E-state index in [9.17, 15) is 18.0 Å². The van der Waals surface area contributed by atoms with E-state index in [1.54, 1.807) is 12.1 Å². The fourth-order valence-electron chi connectivity index (χ4n) is 4.83. The molecule has 2 saturated carbocycles. The Hall–Kier alpha value is -2.39. The standard InChI is InChI=1S/C24H34N4O4S/c1-16-4-9-19(10-5-16)33(31,32)28-13-12-25-23(30)20(28)14-22(29)27-21-11-8-18(15-24(21,2)3)26-17-6-7-17/h4-5,9-10,12-13,17-18,20-21,26H,6-8,11,14-15H2,1-3H3,(H,25,30)(H,27,29)/t18-,20+,21+/m0/s1. The van der Waals surface area contributed by atoms with E-state index in [1.807, 2.05) is 6.92 Å². The molecule has 1 heterocycles. The maximum atomic E-state index is 13.2. The van der Waals surface area contributed by atoms with Gasteiger partial charge in [-0.1, -0.05) is 31.5 Å². The minimum Gasteiger partial charge on any atom is -0.353 e. The smallest absolute Gasteiger partial charge is 0.264 e. The monoisotopic (exact) mass is 474 g/mol. The number of aryl methyl sites for hydroxylation is 1. The van der Waals surface area contributed by atoms with E-state index in [-0.39, 0.29) is 28.7 Å². The Morgan fingerprint density at radius 1 is 1.12 bits per heavy atom. The van der Waals surface area contributed by atoms with Crippen LogP contribution in [0.15, 0.2) is 41.6 Å². The van der Waals surface area contributed by atoms with Crippen LogP contribution in [0.1, 0.15) is 57.9 Å². The van der Waals surface area contributed by atoms with Crippen LogP contribution in [0.5, 0.6) is 0 Å². The van der Waals surface area contributed by atoms with Crippen LogP contribution in [0.3, 0.4) is 0 Å². The molecule has 4 rings (SSSR count). The predicted molar refractivity (Wildman–Crippen MR) is 125 cm³/mol. The Morgan fingerprint density at radius 2 is 1.79 bits per heavy atom. The Morgan fingerprint density at radius 3 is 2.42 bits per heavy atom. The summed E-state index contributed by atoms with van der Waals surface area (Å²) >= 11 is 0. The fourth-order valence-corrected chi connectivity index (χ4v) is 6.28. The summed E-state index contributed by atoms with van der Waals surface area (Å²) in [7, 11) is -3.98. The molecule has 1 aromatic rings. The minimum atomic E-state index is -3.98. The molecular weight excluding hydrogens is 440 g/mol. The quantitative estimate of drug-likeness (QED) is 0.561. The molecule has 3 atom stereocenters. The zero-order chi connectivity index (χ0) is 23.8. The Labute approximate surface area is 196 Å². The third-order valence-corrected chi connectivity index (χ3v) is 8.73. The summed E-state index contributed by atoms with van der Waals surface area (Å²) < 4.78 is 27.4. The number of carbonyl (C=O) groups is 2. The highest BCUT2D eigenvalue weighted by Gasteiger charge is 2.41. The summed E-state index contributed by atoms with van der Waals surface area (Å²) in [5, 5.41) is 9.32. The molecule has 2 aliphatic carbocycles. The van der Waals surface area contributed by atoms with Crippen LogP contribution in [0.2, 0.25) is 0 Å². The normalized spacial score (nSPS) is 27.2. The SMILES string of the molecule is Cc1ccc(S(=O)(=O)N2C=CNC(=O)[C@H]2CC(=O)N[C@@H]2CC[C@H](NC3CC3)CC2(C)C)cc1. The Bertz CT molecular complexity index is 1030. The van der Waals surface area contributed by atoms with Crippen LogP contribution in [0.25, 0.3) is 0 Å². The maximum absolute atomic E-state index is 13.2. The second-order valence-electron chi connectivity index (χ2n) is 10.2. The first-order valence-electron chi connectivity index (χ1n) is 11.7. The summed E-state index contributed by atoms with van der Waals surface area (Å²) in [5.41, 5.74) is 0.838. The van der Waals surface area contributed by atoms with Gasteiger partial charge in [0.05, 0.1) is 11.3 Å². The van der Waals surface area contributed by atoms with Crippen LogP contribution < -0.4 is 16.0 Å². The molecule has 9 heteroatoms. The molecule has 1 aliphatic heterocycles. The summed E-state index contributed by atoms with van der Waals surface area (Å²) in [4.78, 5) is 25.7. The summed E-state index contributed by atoms with van der Waals surface area (Å²) in [6.45, 7) is 6.18. The highest BCUT2D eigenvalue weighted by atomic mass is 32.2. The number of nitrogens with zero attached hydrogens (tertiary/aromatic N) is 1. The molecule has 180 valence electrons. The first-order valence-corrected chi connectivity index (χ1v) is 13.1. The van der Waals surface area contributed by atoms with Gasteiger partial charge in [-0.2, -0.15) is 0 Å². The van der Waals surface area contributed by atoms with E-state index in [0.717, 1.165) is 29.1 Å². The maximum Gasteiger partial charge on any atom is 0.264 e. The lowest BCUT2D eigenvalue weighted by Crippen LogP contribution is -2.55. The summed E-state index contributed by atoms with van der Waals surface area (Å²) in [6.07, 6.45) is 7.67. The largest absolute Gasteiger partial charge is 0.353 e. The number of hydrogen-bond acceptors (Lipinski definition) is 5. The van der Waals surface area contributed by atoms with Crippen molar-refractivity contribution in [1.82, 2.24) is 20.3 Å². The lowest BCUT2D eigenvalue weighted by molar-refractivity contribution is -0.130. The Balaban J connectivity index is 1.43. The molecule has 0 bridgehead atoms. The average molecular weight is 475 g/mol. The van der Waals surface area contributed by atoms with Crippen LogP contribution in [0, 0.1) is 12.3 Å². The van der Waals surface area contributed by atoms with Gasteiger partial charge in [0.25, 0.3) is 10.0 Å². The van der Waals surface area contributed by atoms with Crippen LogP contribution in [-0.2, 0) is 19.6 Å². The number of amides is 2. The summed E-state index contributed by atoms with van der Waals surface area (Å²) in [6, 6.07) is 6.39. The van der Waals surface area contributed by atoms with Crippen molar-refractivity contribution in [2.45, 2.75) is 88.4 Å². The first kappa shape index (κ1) is 23.8. The average Bonchev–Trinajstić information content (AvgIpc) is 3.55. The Kier molecular flexibility index (Phi) is 6.55. The molecule has 8 nitrogen and oxygen atoms in total. The second-order valence-corrected chi connectivity index (χ2v) is 12.1. The van der Waals surface area contributed by atoms with E-state index in [1.165, 1.54) is 37.4 Å². The van der Waals surface area contributed by atoms with Crippen molar-refractivity contribution in [3.05, 3.63) is 42.2 Å². The fraction of sp³-hybridized carbons (Fsp3) is 0.583. The van der Waals surface area contributed by atoms with Gasteiger partial charge in [0.1, 0.15) is 6.04 Å². The lowest BCUT2D eigenvalue weighted by atomic mass is 9.71. The van der Waals surface area contributed by atoms with Crippen LogP contribution >= 0.6 is 0 Å². The van der Waals surface area contributed by atoms with Gasteiger partial charge in [0, 0.05) is 30.5 Å². The topological polar surface area (TPSA) is 108 Å². The van der Waals surface area contributed by atoms with E-state index in [0.29, 0.717) is 12.1 Å². The van der Waals surface area contributed by atoms with Gasteiger partial charge in [-0.15, -0.1) is 0 Å². The van der Waals surface area contributed by atoms with Crippen molar-refractivity contribution in [3.63, 3.8) is 0 Å². The lowest BCUT2D eigenvalue weighted by Gasteiger charge is -2.43. The number of sulfonamides is 1. The van der Waals surface area contributed by atoms with Crippen LogP contribution in [-0.4, -0.2) is 48.7 Å². The third-order valence-electron chi connectivity index (χ3n) is 6.94. The van der Waals surface area contributed by atoms with E-state index in [2.05, 4.69) is 29.8 Å². The molecule has 1 aromatic carbocycles. The molecule has 0 unspecified atom stereocenters. The second kappa shape index (κ2) is 9.10. The molecule has 0 spiro atoms. The molecule has 0 radical (unpaired) electrons. The van der Waals surface area contributed by atoms with Crippen molar-refractivity contribution in [2.75, 3.05) is 0 Å². The molecular formula is C24H34N4O4S. The molecule has 0 aromatic heterocycles. The zero-order valence-electron chi connectivity index (χ0n) is 19.5. The van der Waals surface area contributed by atoms with Gasteiger partial charge < -0.3 is 16.0 Å².